The highest BCUT2D eigenvalue weighted by Gasteiger charge is 2.43. The zero-order valence-electron chi connectivity index (χ0n) is 12.6. The molecule has 1 saturated heterocycles. The Morgan fingerprint density at radius 1 is 1.52 bits per heavy atom. The minimum atomic E-state index is -4.56. The Kier molecular flexibility index (Phi) is 5.08. The smallest absolute Gasteiger partial charge is 0.433 e. The molecule has 0 spiro atoms. The molecule has 128 valence electrons. The van der Waals surface area contributed by atoms with Crippen LogP contribution in [-0.4, -0.2) is 47.8 Å². The number of methoxy groups -OCH3 is 1. The first-order valence-corrected chi connectivity index (χ1v) is 7.16. The maximum Gasteiger partial charge on any atom is 0.433 e. The predicted octanol–water partition coefficient (Wildman–Crippen LogP) is 2.20. The average Bonchev–Trinajstić information content (AvgIpc) is 2.52. The number of hydrogen-bond acceptors (Lipinski definition) is 5. The van der Waals surface area contributed by atoms with Crippen LogP contribution in [0.5, 0.6) is 0 Å². The van der Waals surface area contributed by atoms with Crippen LogP contribution in [0.4, 0.5) is 19.1 Å². The third-order valence-corrected chi connectivity index (χ3v) is 4.03. The standard InChI is InChI=1S/C14H18F3N3O3/c1-23-8-5-13(11(21)22)4-2-7-20(9-13)12-18-6-3-10(19-12)14(15,16)17/h3,6H,2,4-5,7-9H2,1H3,(H,21,22)/t13-/m0/s1. The van der Waals surface area contributed by atoms with Gasteiger partial charge in [-0.15, -0.1) is 0 Å². The molecule has 23 heavy (non-hydrogen) atoms. The van der Waals surface area contributed by atoms with Gasteiger partial charge >= 0.3 is 12.1 Å². The first-order chi connectivity index (χ1) is 10.8. The molecule has 0 saturated carbocycles. The van der Waals surface area contributed by atoms with Crippen molar-refractivity contribution in [1.29, 1.82) is 0 Å². The van der Waals surface area contributed by atoms with Crippen LogP contribution in [0.3, 0.4) is 0 Å². The Bertz CT molecular complexity index is 568. The second kappa shape index (κ2) is 6.69. The van der Waals surface area contributed by atoms with Crippen LogP contribution >= 0.6 is 0 Å². The van der Waals surface area contributed by atoms with Gasteiger partial charge in [-0.25, -0.2) is 9.97 Å². The van der Waals surface area contributed by atoms with E-state index in [0.29, 0.717) is 19.4 Å². The van der Waals surface area contributed by atoms with E-state index in [1.165, 1.54) is 12.0 Å². The number of hydrogen-bond donors (Lipinski definition) is 1. The third-order valence-electron chi connectivity index (χ3n) is 4.03. The maximum absolute atomic E-state index is 12.8. The first-order valence-electron chi connectivity index (χ1n) is 7.16. The molecule has 0 unspecified atom stereocenters. The van der Waals surface area contributed by atoms with Crippen molar-refractivity contribution < 1.29 is 27.8 Å². The maximum atomic E-state index is 12.8. The van der Waals surface area contributed by atoms with Gasteiger partial charge in [-0.1, -0.05) is 0 Å². The van der Waals surface area contributed by atoms with Gasteiger partial charge in [0.15, 0.2) is 0 Å². The second-order valence-electron chi connectivity index (χ2n) is 5.59. The molecule has 6 nitrogen and oxygen atoms in total. The van der Waals surface area contributed by atoms with Crippen LogP contribution < -0.4 is 4.90 Å². The number of rotatable bonds is 5. The first kappa shape index (κ1) is 17.5. The zero-order chi connectivity index (χ0) is 17.1. The molecule has 2 heterocycles. The fourth-order valence-electron chi connectivity index (χ4n) is 2.74. The number of alkyl halides is 3. The van der Waals surface area contributed by atoms with Crippen molar-refractivity contribution in [2.45, 2.75) is 25.4 Å². The highest BCUT2D eigenvalue weighted by atomic mass is 19.4. The molecule has 2 rings (SSSR count). The van der Waals surface area contributed by atoms with Crippen molar-refractivity contribution in [1.82, 2.24) is 9.97 Å². The summed E-state index contributed by atoms with van der Waals surface area (Å²) in [6.07, 6.45) is -2.25. The van der Waals surface area contributed by atoms with Gasteiger partial charge in [0.05, 0.1) is 5.41 Å². The summed E-state index contributed by atoms with van der Waals surface area (Å²) in [7, 11) is 1.48. The summed E-state index contributed by atoms with van der Waals surface area (Å²) in [5, 5.41) is 9.56. The summed E-state index contributed by atoms with van der Waals surface area (Å²) in [4.78, 5) is 20.6. The minimum absolute atomic E-state index is 0.0625. The lowest BCUT2D eigenvalue weighted by Crippen LogP contribution is -2.49. The van der Waals surface area contributed by atoms with Gasteiger partial charge in [0.2, 0.25) is 5.95 Å². The number of anilines is 1. The normalized spacial score (nSPS) is 22.2. The van der Waals surface area contributed by atoms with Crippen LogP contribution in [0, 0.1) is 5.41 Å². The highest BCUT2D eigenvalue weighted by Crippen LogP contribution is 2.36. The molecule has 0 aliphatic carbocycles. The zero-order valence-corrected chi connectivity index (χ0v) is 12.6. The summed E-state index contributed by atoms with van der Waals surface area (Å²) in [5.74, 6) is -1.08. The minimum Gasteiger partial charge on any atom is -0.481 e. The van der Waals surface area contributed by atoms with E-state index in [0.717, 1.165) is 12.3 Å². The van der Waals surface area contributed by atoms with Crippen LogP contribution in [0.1, 0.15) is 25.0 Å². The molecule has 1 aliphatic heterocycles. The Morgan fingerprint density at radius 3 is 2.87 bits per heavy atom. The average molecular weight is 333 g/mol. The SMILES string of the molecule is COCC[C@@]1(C(=O)O)CCCN(c2nccc(C(F)(F)F)n2)C1. The van der Waals surface area contributed by atoms with E-state index in [-0.39, 0.29) is 25.5 Å². The van der Waals surface area contributed by atoms with Gasteiger partial charge in [-0.05, 0) is 25.3 Å². The number of piperidine rings is 1. The summed E-state index contributed by atoms with van der Waals surface area (Å²) >= 11 is 0. The van der Waals surface area contributed by atoms with Gasteiger partial charge in [0, 0.05) is 33.0 Å². The van der Waals surface area contributed by atoms with Crippen molar-refractivity contribution in [3.8, 4) is 0 Å². The van der Waals surface area contributed by atoms with E-state index < -0.39 is 23.3 Å². The molecule has 1 aromatic heterocycles. The fraction of sp³-hybridized carbons (Fsp3) is 0.643. The van der Waals surface area contributed by atoms with Crippen LogP contribution in [0.25, 0.3) is 0 Å². The second-order valence-corrected chi connectivity index (χ2v) is 5.59. The Hall–Kier alpha value is -1.90. The fourth-order valence-corrected chi connectivity index (χ4v) is 2.74. The van der Waals surface area contributed by atoms with Gasteiger partial charge in [-0.3, -0.25) is 4.79 Å². The lowest BCUT2D eigenvalue weighted by Gasteiger charge is -2.39. The number of halogens is 3. The summed E-state index contributed by atoms with van der Waals surface area (Å²) in [6.45, 7) is 0.750. The van der Waals surface area contributed by atoms with Gasteiger partial charge in [0.25, 0.3) is 0 Å². The van der Waals surface area contributed by atoms with Crippen molar-refractivity contribution in [3.63, 3.8) is 0 Å². The number of ether oxygens (including phenoxy) is 1. The number of nitrogens with zero attached hydrogens (tertiary/aromatic N) is 3. The van der Waals surface area contributed by atoms with E-state index in [9.17, 15) is 23.1 Å². The molecule has 1 N–H and O–H groups in total. The molecule has 0 bridgehead atoms. The highest BCUT2D eigenvalue weighted by molar-refractivity contribution is 5.76. The van der Waals surface area contributed by atoms with E-state index in [4.69, 9.17) is 4.74 Å². The number of carbonyl (C=O) groups is 1. The molecular formula is C14H18F3N3O3. The summed E-state index contributed by atoms with van der Waals surface area (Å²) < 4.78 is 43.3. The van der Waals surface area contributed by atoms with Gasteiger partial charge in [-0.2, -0.15) is 13.2 Å². The predicted molar refractivity (Wildman–Crippen MR) is 75.0 cm³/mol. The molecule has 1 aliphatic rings. The quantitative estimate of drug-likeness (QED) is 0.890. The van der Waals surface area contributed by atoms with Gasteiger partial charge in [0.1, 0.15) is 5.69 Å². The van der Waals surface area contributed by atoms with E-state index in [1.807, 2.05) is 0 Å². The number of aromatic nitrogens is 2. The Balaban J connectivity index is 2.25. The Morgan fingerprint density at radius 2 is 2.26 bits per heavy atom. The molecule has 0 radical (unpaired) electrons. The summed E-state index contributed by atoms with van der Waals surface area (Å²) in [5.41, 5.74) is -2.10. The van der Waals surface area contributed by atoms with Crippen LogP contribution in [0.2, 0.25) is 0 Å². The van der Waals surface area contributed by atoms with Crippen molar-refractivity contribution in [2.75, 3.05) is 31.7 Å². The van der Waals surface area contributed by atoms with Crippen molar-refractivity contribution >= 4 is 11.9 Å². The van der Waals surface area contributed by atoms with Crippen LogP contribution in [0.15, 0.2) is 12.3 Å². The monoisotopic (exact) mass is 333 g/mol. The molecule has 1 fully saturated rings. The molecular weight excluding hydrogens is 315 g/mol. The molecule has 0 aromatic carbocycles. The topological polar surface area (TPSA) is 75.6 Å². The number of carboxylic acids is 1. The number of aliphatic carboxylic acids is 1. The largest absolute Gasteiger partial charge is 0.481 e. The van der Waals surface area contributed by atoms with E-state index >= 15 is 0 Å². The molecule has 1 aromatic rings. The molecule has 0 amide bonds. The molecule has 1 atom stereocenters. The summed E-state index contributed by atoms with van der Waals surface area (Å²) in [6, 6.07) is 0.794. The third kappa shape index (κ3) is 3.90. The number of carboxylic acid groups (broad SMARTS) is 1. The van der Waals surface area contributed by atoms with E-state index in [1.54, 1.807) is 0 Å². The van der Waals surface area contributed by atoms with E-state index in [2.05, 4.69) is 9.97 Å². The lowest BCUT2D eigenvalue weighted by molar-refractivity contribution is -0.151. The van der Waals surface area contributed by atoms with Crippen LogP contribution in [-0.2, 0) is 15.7 Å². The van der Waals surface area contributed by atoms with Crippen molar-refractivity contribution in [2.24, 2.45) is 5.41 Å². The van der Waals surface area contributed by atoms with Crippen molar-refractivity contribution in [3.05, 3.63) is 18.0 Å². The Labute approximate surface area is 131 Å². The molecule has 9 heteroatoms. The lowest BCUT2D eigenvalue weighted by atomic mass is 9.77. The van der Waals surface area contributed by atoms with Gasteiger partial charge < -0.3 is 14.7 Å².